The van der Waals surface area contributed by atoms with Gasteiger partial charge in [-0.2, -0.15) is 0 Å². The van der Waals surface area contributed by atoms with Gasteiger partial charge in [-0.15, -0.1) is 0 Å². The predicted molar refractivity (Wildman–Crippen MR) is 74.1 cm³/mol. The van der Waals surface area contributed by atoms with Crippen molar-refractivity contribution in [3.05, 3.63) is 35.9 Å². The number of cyclic esters (lactones) is 1. The Kier molecular flexibility index (Phi) is 3.72. The lowest BCUT2D eigenvalue weighted by Gasteiger charge is -2.27. The number of ether oxygens (including phenoxy) is 1. The van der Waals surface area contributed by atoms with Gasteiger partial charge in [0.05, 0.1) is 6.04 Å². The highest BCUT2D eigenvalue weighted by Gasteiger charge is 2.38. The molecule has 4 heteroatoms. The van der Waals surface area contributed by atoms with E-state index in [4.69, 9.17) is 4.74 Å². The zero-order valence-corrected chi connectivity index (χ0v) is 11.5. The maximum Gasteiger partial charge on any atom is 0.416 e. The molecule has 0 bridgehead atoms. The van der Waals surface area contributed by atoms with E-state index in [9.17, 15) is 9.59 Å². The Labute approximate surface area is 118 Å². The second-order valence-corrected chi connectivity index (χ2v) is 5.69. The molecule has 3 rings (SSSR count). The molecule has 0 unspecified atom stereocenters. The van der Waals surface area contributed by atoms with Crippen LogP contribution in [0.4, 0.5) is 4.79 Å². The number of nitrogens with zero attached hydrogens (tertiary/aromatic N) is 1. The summed E-state index contributed by atoms with van der Waals surface area (Å²) in [7, 11) is 0. The summed E-state index contributed by atoms with van der Waals surface area (Å²) in [4.78, 5) is 25.4. The fraction of sp³-hybridized carbons (Fsp3) is 0.500. The van der Waals surface area contributed by atoms with Crippen molar-refractivity contribution >= 4 is 12.0 Å². The molecule has 4 nitrogen and oxygen atoms in total. The molecule has 106 valence electrons. The van der Waals surface area contributed by atoms with E-state index in [-0.39, 0.29) is 11.9 Å². The lowest BCUT2D eigenvalue weighted by Crippen LogP contribution is -2.41. The van der Waals surface area contributed by atoms with E-state index >= 15 is 0 Å². The largest absolute Gasteiger partial charge is 0.447 e. The van der Waals surface area contributed by atoms with Crippen LogP contribution in [0.3, 0.4) is 0 Å². The average molecular weight is 273 g/mol. The van der Waals surface area contributed by atoms with Gasteiger partial charge in [0, 0.05) is 6.42 Å². The average Bonchev–Trinajstić information content (AvgIpc) is 2.76. The van der Waals surface area contributed by atoms with Crippen molar-refractivity contribution < 1.29 is 14.3 Å². The molecule has 1 aromatic carbocycles. The van der Waals surface area contributed by atoms with Gasteiger partial charge < -0.3 is 4.74 Å². The van der Waals surface area contributed by atoms with E-state index in [1.807, 2.05) is 30.3 Å². The number of benzene rings is 1. The first-order valence-electron chi connectivity index (χ1n) is 7.27. The molecular weight excluding hydrogens is 254 g/mol. The minimum atomic E-state index is -0.477. The Morgan fingerprint density at radius 3 is 2.65 bits per heavy atom. The number of carbonyl (C=O) groups is 2. The van der Waals surface area contributed by atoms with Crippen LogP contribution in [0.25, 0.3) is 0 Å². The summed E-state index contributed by atoms with van der Waals surface area (Å²) in [5, 5.41) is 0. The fourth-order valence-corrected chi connectivity index (χ4v) is 2.84. The molecule has 1 saturated carbocycles. The Morgan fingerprint density at radius 2 is 2.00 bits per heavy atom. The Morgan fingerprint density at radius 1 is 1.25 bits per heavy atom. The second-order valence-electron chi connectivity index (χ2n) is 5.69. The third-order valence-electron chi connectivity index (χ3n) is 4.23. The summed E-state index contributed by atoms with van der Waals surface area (Å²) >= 11 is 0. The zero-order chi connectivity index (χ0) is 13.9. The molecule has 1 saturated heterocycles. The number of amides is 2. The number of imide groups is 1. The zero-order valence-electron chi connectivity index (χ0n) is 11.5. The summed E-state index contributed by atoms with van der Waals surface area (Å²) in [6, 6.07) is 9.76. The first-order valence-corrected chi connectivity index (χ1v) is 7.27. The molecule has 1 atom stereocenters. The van der Waals surface area contributed by atoms with Crippen molar-refractivity contribution in [2.24, 2.45) is 5.92 Å². The number of rotatable bonds is 4. The van der Waals surface area contributed by atoms with Gasteiger partial charge in [-0.3, -0.25) is 4.79 Å². The van der Waals surface area contributed by atoms with Crippen molar-refractivity contribution in [3.63, 3.8) is 0 Å². The van der Waals surface area contributed by atoms with Gasteiger partial charge in [0.15, 0.2) is 0 Å². The van der Waals surface area contributed by atoms with Crippen molar-refractivity contribution in [3.8, 4) is 0 Å². The fourth-order valence-electron chi connectivity index (χ4n) is 2.84. The van der Waals surface area contributed by atoms with Gasteiger partial charge in [-0.05, 0) is 30.7 Å². The molecule has 2 aliphatic rings. The summed E-state index contributed by atoms with van der Waals surface area (Å²) < 4.78 is 5.07. The van der Waals surface area contributed by atoms with Crippen LogP contribution in [0.2, 0.25) is 0 Å². The van der Waals surface area contributed by atoms with Crippen molar-refractivity contribution in [2.75, 3.05) is 6.61 Å². The van der Waals surface area contributed by atoms with Crippen LogP contribution in [0.1, 0.15) is 31.2 Å². The van der Waals surface area contributed by atoms with Gasteiger partial charge in [0.2, 0.25) is 5.91 Å². The van der Waals surface area contributed by atoms with E-state index in [2.05, 4.69) is 0 Å². The van der Waals surface area contributed by atoms with Gasteiger partial charge in [-0.25, -0.2) is 9.69 Å². The van der Waals surface area contributed by atoms with Crippen LogP contribution in [0.15, 0.2) is 30.3 Å². The Hall–Kier alpha value is -1.84. The highest BCUT2D eigenvalue weighted by molar-refractivity contribution is 5.93. The molecule has 1 aliphatic heterocycles. The molecule has 0 N–H and O–H groups in total. The summed E-state index contributed by atoms with van der Waals surface area (Å²) in [5.74, 6) is 0.395. The molecular formula is C16H19NO3. The first kappa shape index (κ1) is 13.2. The highest BCUT2D eigenvalue weighted by atomic mass is 16.6. The quantitative estimate of drug-likeness (QED) is 0.847. The van der Waals surface area contributed by atoms with Gasteiger partial charge in [0.25, 0.3) is 0 Å². The topological polar surface area (TPSA) is 46.6 Å². The smallest absolute Gasteiger partial charge is 0.416 e. The minimum absolute atomic E-state index is 0.0712. The monoisotopic (exact) mass is 273 g/mol. The molecule has 0 spiro atoms. The van der Waals surface area contributed by atoms with Crippen molar-refractivity contribution in [1.82, 2.24) is 4.90 Å². The van der Waals surface area contributed by atoms with Crippen LogP contribution >= 0.6 is 0 Å². The van der Waals surface area contributed by atoms with Crippen LogP contribution in [0.5, 0.6) is 0 Å². The molecule has 2 fully saturated rings. The Balaban J connectivity index is 1.66. The van der Waals surface area contributed by atoms with Crippen LogP contribution in [-0.2, 0) is 16.0 Å². The van der Waals surface area contributed by atoms with Gasteiger partial charge in [-0.1, -0.05) is 36.8 Å². The number of hydrogen-bond acceptors (Lipinski definition) is 3. The SMILES string of the molecule is O=C(CC1CCC1)N1C(=O)OC[C@H]1Cc1ccccc1. The maximum atomic E-state index is 12.3. The number of carbonyl (C=O) groups excluding carboxylic acids is 2. The van der Waals surface area contributed by atoms with E-state index in [1.54, 1.807) is 0 Å². The van der Waals surface area contributed by atoms with E-state index < -0.39 is 6.09 Å². The van der Waals surface area contributed by atoms with E-state index in [0.29, 0.717) is 25.4 Å². The van der Waals surface area contributed by atoms with Gasteiger partial charge in [0.1, 0.15) is 6.61 Å². The molecule has 2 amide bonds. The number of hydrogen-bond donors (Lipinski definition) is 0. The molecule has 1 aromatic rings. The minimum Gasteiger partial charge on any atom is -0.447 e. The third-order valence-corrected chi connectivity index (χ3v) is 4.23. The third kappa shape index (κ3) is 2.69. The summed E-state index contributed by atoms with van der Waals surface area (Å²) in [6.07, 6.45) is 4.10. The lowest BCUT2D eigenvalue weighted by atomic mass is 9.82. The molecule has 1 heterocycles. The molecule has 20 heavy (non-hydrogen) atoms. The van der Waals surface area contributed by atoms with Crippen molar-refractivity contribution in [1.29, 1.82) is 0 Å². The highest BCUT2D eigenvalue weighted by Crippen LogP contribution is 2.31. The van der Waals surface area contributed by atoms with E-state index in [1.165, 1.54) is 11.3 Å². The second kappa shape index (κ2) is 5.65. The standard InChI is InChI=1S/C16H19NO3/c18-15(10-13-7-4-8-13)17-14(11-20-16(17)19)9-12-5-2-1-3-6-12/h1-3,5-6,13-14H,4,7-11H2/t14-/m1/s1. The molecule has 0 radical (unpaired) electrons. The van der Waals surface area contributed by atoms with Crippen molar-refractivity contribution in [2.45, 2.75) is 38.1 Å². The van der Waals surface area contributed by atoms with Crippen LogP contribution in [-0.4, -0.2) is 29.5 Å². The molecule has 1 aliphatic carbocycles. The van der Waals surface area contributed by atoms with Gasteiger partial charge >= 0.3 is 6.09 Å². The molecule has 0 aromatic heterocycles. The summed E-state index contributed by atoms with van der Waals surface area (Å²) in [5.41, 5.74) is 1.12. The normalized spacial score (nSPS) is 22.5. The van der Waals surface area contributed by atoms with E-state index in [0.717, 1.165) is 18.4 Å². The van der Waals surface area contributed by atoms with Crippen LogP contribution < -0.4 is 0 Å². The summed E-state index contributed by atoms with van der Waals surface area (Å²) in [6.45, 7) is 0.310. The van der Waals surface area contributed by atoms with Crippen LogP contribution in [0, 0.1) is 5.92 Å². The Bertz CT molecular complexity index is 496. The first-order chi connectivity index (χ1) is 9.74. The lowest BCUT2D eigenvalue weighted by molar-refractivity contribution is -0.130. The predicted octanol–water partition coefficient (Wildman–Crippen LogP) is 2.77. The maximum absolute atomic E-state index is 12.3.